The van der Waals surface area contributed by atoms with Crippen molar-refractivity contribution in [2.24, 2.45) is 0 Å². The van der Waals surface area contributed by atoms with Gasteiger partial charge in [0.1, 0.15) is 36.8 Å². The Morgan fingerprint density at radius 2 is 1.26 bits per heavy atom. The van der Waals surface area contributed by atoms with E-state index in [0.717, 1.165) is 64.2 Å². The van der Waals surface area contributed by atoms with E-state index < -0.39 is 71.2 Å². The number of hydrogen-bond acceptors (Lipinski definition) is 11. The molecule has 0 bridgehead atoms. The van der Waals surface area contributed by atoms with E-state index in [1.807, 2.05) is 36.5 Å². The number of allylic oxidation sites excluding steroid dienone is 8. The number of aliphatic hydroxyl groups is 3. The fraction of sp³-hybridized carbons (Fsp3) is 0.730. The summed E-state index contributed by atoms with van der Waals surface area (Å²) in [5.74, 6) is -2.03. The van der Waals surface area contributed by atoms with E-state index in [-0.39, 0.29) is 19.4 Å². The first kappa shape index (κ1) is 45.6. The standard InChI is InChI=1S/C37H62O12S/c1-3-5-7-9-11-12-13-14-15-16-17-18-20-22-24-26-33(39)48-30(27-46-32(38)25-23-21-19-10-8-6-4-2)28-47-37-36(42)35(41)34(40)31(49-37)29-50(43,44)45/h5,7,9,11-15,30-31,34-37,40-42H,3-4,6,8,10,16-29H2,1-2H3,(H,43,44,45)/b7-5+,11-9+,13-12+,15-14+/t30-,31-,34-,35?,36?,37+/m1/s1. The minimum atomic E-state index is -4.60. The number of hydrogen-bond donors (Lipinski definition) is 4. The number of rotatable bonds is 28. The van der Waals surface area contributed by atoms with Crippen LogP contribution in [0.2, 0.25) is 0 Å². The maximum atomic E-state index is 12.7. The SMILES string of the molecule is CC/C=C/C=C/C=C/C=C/CCCCCCCC(=O)O[C@H](COC(=O)CCCCCCCCC)CO[C@H]1O[C@H](CS(=O)(=O)O)[C@@H](O)C(O)C1O. The second-order valence-electron chi connectivity index (χ2n) is 12.6. The van der Waals surface area contributed by atoms with Gasteiger partial charge in [-0.25, -0.2) is 0 Å². The van der Waals surface area contributed by atoms with Crippen molar-refractivity contribution in [3.05, 3.63) is 48.6 Å². The molecule has 1 aliphatic heterocycles. The van der Waals surface area contributed by atoms with Crippen LogP contribution in [-0.2, 0) is 38.7 Å². The fourth-order valence-corrected chi connectivity index (χ4v) is 5.85. The Bertz CT molecular complexity index is 1130. The van der Waals surface area contributed by atoms with Gasteiger partial charge in [0.25, 0.3) is 10.1 Å². The number of carbonyl (C=O) groups is 2. The number of esters is 2. The first-order chi connectivity index (χ1) is 24.0. The molecular weight excluding hydrogens is 668 g/mol. The third-order valence-electron chi connectivity index (χ3n) is 8.02. The van der Waals surface area contributed by atoms with Crippen molar-refractivity contribution in [1.82, 2.24) is 0 Å². The van der Waals surface area contributed by atoms with Gasteiger partial charge in [0.2, 0.25) is 0 Å². The Hall–Kier alpha value is -2.39. The number of unbranched alkanes of at least 4 members (excludes halogenated alkanes) is 11. The first-order valence-electron chi connectivity index (χ1n) is 18.2. The predicted octanol–water partition coefficient (Wildman–Crippen LogP) is 5.66. The molecular formula is C37H62O12S. The first-order valence-corrected chi connectivity index (χ1v) is 19.9. The minimum absolute atomic E-state index is 0.137. The van der Waals surface area contributed by atoms with Crippen LogP contribution in [0.15, 0.2) is 48.6 Å². The molecule has 0 amide bonds. The topological polar surface area (TPSA) is 186 Å². The molecule has 0 aliphatic carbocycles. The van der Waals surface area contributed by atoms with E-state index >= 15 is 0 Å². The third kappa shape index (κ3) is 23.2. The summed E-state index contributed by atoms with van der Waals surface area (Å²) in [5.41, 5.74) is 0. The van der Waals surface area contributed by atoms with Gasteiger partial charge in [-0.1, -0.05) is 120 Å². The summed E-state index contributed by atoms with van der Waals surface area (Å²) in [6, 6.07) is 0. The van der Waals surface area contributed by atoms with Crippen LogP contribution in [0.1, 0.15) is 117 Å². The lowest BCUT2D eigenvalue weighted by atomic mass is 10.00. The lowest BCUT2D eigenvalue weighted by Gasteiger charge is -2.40. The molecule has 0 radical (unpaired) electrons. The van der Waals surface area contributed by atoms with E-state index in [1.165, 1.54) is 12.8 Å². The monoisotopic (exact) mass is 730 g/mol. The van der Waals surface area contributed by atoms with Crippen LogP contribution < -0.4 is 0 Å². The Balaban J connectivity index is 2.56. The van der Waals surface area contributed by atoms with Crippen molar-refractivity contribution in [3.8, 4) is 0 Å². The number of aliphatic hydroxyl groups excluding tert-OH is 3. The zero-order valence-electron chi connectivity index (χ0n) is 30.0. The van der Waals surface area contributed by atoms with Crippen LogP contribution in [0.4, 0.5) is 0 Å². The van der Waals surface area contributed by atoms with Crippen molar-refractivity contribution in [2.45, 2.75) is 153 Å². The molecule has 1 rings (SSSR count). The molecule has 0 spiro atoms. The molecule has 13 heteroatoms. The van der Waals surface area contributed by atoms with Gasteiger partial charge in [0, 0.05) is 12.8 Å². The molecule has 288 valence electrons. The van der Waals surface area contributed by atoms with Crippen molar-refractivity contribution < 1.29 is 56.8 Å². The van der Waals surface area contributed by atoms with E-state index in [1.54, 1.807) is 0 Å². The van der Waals surface area contributed by atoms with E-state index in [9.17, 15) is 37.9 Å². The van der Waals surface area contributed by atoms with Crippen molar-refractivity contribution in [2.75, 3.05) is 19.0 Å². The van der Waals surface area contributed by atoms with Gasteiger partial charge in [-0.3, -0.25) is 14.1 Å². The highest BCUT2D eigenvalue weighted by Gasteiger charge is 2.46. The molecule has 1 fully saturated rings. The highest BCUT2D eigenvalue weighted by atomic mass is 32.2. The lowest BCUT2D eigenvalue weighted by molar-refractivity contribution is -0.297. The maximum Gasteiger partial charge on any atom is 0.306 e. The number of carbonyl (C=O) groups excluding carboxylic acids is 2. The summed E-state index contributed by atoms with van der Waals surface area (Å²) in [4.78, 5) is 25.1. The molecule has 6 atom stereocenters. The molecule has 0 saturated carbocycles. The maximum absolute atomic E-state index is 12.7. The summed E-state index contributed by atoms with van der Waals surface area (Å²) in [6.45, 7) is 3.50. The fourth-order valence-electron chi connectivity index (χ4n) is 5.16. The summed E-state index contributed by atoms with van der Waals surface area (Å²) in [6.07, 6.45) is 20.6. The molecule has 0 aromatic heterocycles. The summed E-state index contributed by atoms with van der Waals surface area (Å²) in [7, 11) is -4.60. The van der Waals surface area contributed by atoms with E-state index in [2.05, 4.69) is 26.0 Å². The summed E-state index contributed by atoms with van der Waals surface area (Å²) < 4.78 is 53.6. The van der Waals surface area contributed by atoms with Gasteiger partial charge in [0.05, 0.1) is 6.61 Å². The number of ether oxygens (including phenoxy) is 4. The van der Waals surface area contributed by atoms with E-state index in [4.69, 9.17) is 18.9 Å². The van der Waals surface area contributed by atoms with Crippen LogP contribution in [0, 0.1) is 0 Å². The normalized spacial score (nSPS) is 22.2. The Morgan fingerprint density at radius 3 is 1.88 bits per heavy atom. The summed E-state index contributed by atoms with van der Waals surface area (Å²) in [5, 5.41) is 30.6. The van der Waals surface area contributed by atoms with Gasteiger partial charge >= 0.3 is 11.9 Å². The van der Waals surface area contributed by atoms with Crippen molar-refractivity contribution in [3.63, 3.8) is 0 Å². The molecule has 1 saturated heterocycles. The average molecular weight is 731 g/mol. The average Bonchev–Trinajstić information content (AvgIpc) is 3.07. The molecule has 0 aromatic rings. The Kier molecular flexibility index (Phi) is 25.8. The zero-order chi connectivity index (χ0) is 37.0. The highest BCUT2D eigenvalue weighted by molar-refractivity contribution is 7.85. The van der Waals surface area contributed by atoms with Gasteiger partial charge in [0.15, 0.2) is 12.4 Å². The van der Waals surface area contributed by atoms with Crippen LogP contribution in [0.3, 0.4) is 0 Å². The molecule has 4 N–H and O–H groups in total. The van der Waals surface area contributed by atoms with Gasteiger partial charge in [-0.05, 0) is 32.1 Å². The largest absolute Gasteiger partial charge is 0.462 e. The smallest absolute Gasteiger partial charge is 0.306 e. The molecule has 1 aliphatic rings. The Labute approximate surface area is 299 Å². The second kappa shape index (κ2) is 28.2. The molecule has 0 aromatic carbocycles. The minimum Gasteiger partial charge on any atom is -0.462 e. The van der Waals surface area contributed by atoms with E-state index in [0.29, 0.717) is 12.8 Å². The Morgan fingerprint density at radius 1 is 0.700 bits per heavy atom. The van der Waals surface area contributed by atoms with Gasteiger partial charge in [-0.15, -0.1) is 0 Å². The van der Waals surface area contributed by atoms with Crippen LogP contribution >= 0.6 is 0 Å². The lowest BCUT2D eigenvalue weighted by Crippen LogP contribution is -2.60. The molecule has 50 heavy (non-hydrogen) atoms. The zero-order valence-corrected chi connectivity index (χ0v) is 30.8. The molecule has 1 heterocycles. The molecule has 2 unspecified atom stereocenters. The van der Waals surface area contributed by atoms with Crippen LogP contribution in [0.5, 0.6) is 0 Å². The quantitative estimate of drug-likeness (QED) is 0.0336. The van der Waals surface area contributed by atoms with Crippen molar-refractivity contribution in [1.29, 1.82) is 0 Å². The molecule has 12 nitrogen and oxygen atoms in total. The second-order valence-corrected chi connectivity index (χ2v) is 14.1. The van der Waals surface area contributed by atoms with Gasteiger partial charge in [-0.2, -0.15) is 8.42 Å². The summed E-state index contributed by atoms with van der Waals surface area (Å²) >= 11 is 0. The van der Waals surface area contributed by atoms with Gasteiger partial charge < -0.3 is 34.3 Å². The third-order valence-corrected chi connectivity index (χ3v) is 8.77. The van der Waals surface area contributed by atoms with Crippen molar-refractivity contribution >= 4 is 22.1 Å². The van der Waals surface area contributed by atoms with Crippen LogP contribution in [-0.4, -0.2) is 96.0 Å². The van der Waals surface area contributed by atoms with Crippen LogP contribution in [0.25, 0.3) is 0 Å². The highest BCUT2D eigenvalue weighted by Crippen LogP contribution is 2.24. The predicted molar refractivity (Wildman–Crippen MR) is 192 cm³/mol.